The van der Waals surface area contributed by atoms with Crippen molar-refractivity contribution >= 4 is 5.97 Å². The first-order valence-corrected chi connectivity index (χ1v) is 13.3. The lowest BCUT2D eigenvalue weighted by atomic mass is 10.1. The number of hydrogen-bond donors (Lipinski definition) is 0. The molecule has 0 bridgehead atoms. The van der Waals surface area contributed by atoms with Crippen molar-refractivity contribution in [1.29, 1.82) is 0 Å². The average molecular weight is 453 g/mol. The van der Waals surface area contributed by atoms with E-state index >= 15 is 0 Å². The van der Waals surface area contributed by atoms with E-state index in [4.69, 9.17) is 4.74 Å². The molecule has 0 fully saturated rings. The summed E-state index contributed by atoms with van der Waals surface area (Å²) in [6, 6.07) is 7.56. The van der Waals surface area contributed by atoms with Gasteiger partial charge >= 0.3 is 5.97 Å². The molecule has 0 spiro atoms. The monoisotopic (exact) mass is 452 g/mol. The quantitative estimate of drug-likeness (QED) is 0.129. The maximum Gasteiger partial charge on any atom is 0.311 e. The molecule has 0 N–H and O–H groups in total. The lowest BCUT2D eigenvalue weighted by molar-refractivity contribution is -0.134. The molecular weight excluding hydrogens is 408 g/mol. The molecule has 33 heavy (non-hydrogen) atoms. The highest BCUT2D eigenvalue weighted by molar-refractivity contribution is 5.72. The molecular formula is C29H44N2O2. The molecule has 0 aliphatic heterocycles. The fraction of sp³-hybridized carbons (Fsp3) is 0.621. The van der Waals surface area contributed by atoms with Crippen molar-refractivity contribution in [1.82, 2.24) is 9.97 Å². The van der Waals surface area contributed by atoms with Gasteiger partial charge in [-0.05, 0) is 43.5 Å². The van der Waals surface area contributed by atoms with E-state index in [1.54, 1.807) is 0 Å². The summed E-state index contributed by atoms with van der Waals surface area (Å²) in [6.45, 7) is 4.47. The number of carbonyl (C=O) groups excluding carboxylic acids is 1. The zero-order chi connectivity index (χ0) is 23.6. The normalized spacial score (nSPS) is 11.0. The Bertz CT molecular complexity index is 756. The Morgan fingerprint density at radius 1 is 0.697 bits per heavy atom. The van der Waals surface area contributed by atoms with Crippen molar-refractivity contribution in [3.8, 4) is 17.0 Å². The minimum atomic E-state index is -0.150. The van der Waals surface area contributed by atoms with Crippen molar-refractivity contribution in [3.63, 3.8) is 0 Å². The molecule has 1 aromatic carbocycles. The Morgan fingerprint density at radius 2 is 1.27 bits per heavy atom. The molecule has 1 heterocycles. The topological polar surface area (TPSA) is 52.1 Å². The summed E-state index contributed by atoms with van der Waals surface area (Å²) in [5.74, 6) is 0.442. The third kappa shape index (κ3) is 12.0. The van der Waals surface area contributed by atoms with E-state index in [9.17, 15) is 4.79 Å². The fourth-order valence-corrected chi connectivity index (χ4v) is 4.00. The molecule has 0 radical (unpaired) electrons. The summed E-state index contributed by atoms with van der Waals surface area (Å²) in [7, 11) is 0. The minimum Gasteiger partial charge on any atom is -0.427 e. The van der Waals surface area contributed by atoms with Gasteiger partial charge in [-0.3, -0.25) is 14.8 Å². The smallest absolute Gasteiger partial charge is 0.311 e. The second-order valence-electron chi connectivity index (χ2n) is 9.13. The fourth-order valence-electron chi connectivity index (χ4n) is 4.00. The number of unbranched alkanes of at least 4 members (excludes halogenated alkanes) is 12. The summed E-state index contributed by atoms with van der Waals surface area (Å²) < 4.78 is 5.47. The summed E-state index contributed by atoms with van der Waals surface area (Å²) >= 11 is 0. The van der Waals surface area contributed by atoms with Crippen LogP contribution in [-0.2, 0) is 11.2 Å². The second kappa shape index (κ2) is 17.3. The van der Waals surface area contributed by atoms with Crippen LogP contribution >= 0.6 is 0 Å². The second-order valence-corrected chi connectivity index (χ2v) is 9.13. The molecule has 0 amide bonds. The molecule has 2 aromatic rings. The van der Waals surface area contributed by atoms with Crippen LogP contribution in [0.3, 0.4) is 0 Å². The van der Waals surface area contributed by atoms with Gasteiger partial charge < -0.3 is 4.74 Å². The molecule has 2 rings (SSSR count). The number of carbonyl (C=O) groups is 1. The standard InChI is InChI=1S/C29H44N2O2/c1-3-5-7-9-11-12-13-15-17-26-23-31-28(24-30-26)25-19-21-27(22-20-25)33-29(32)18-16-14-10-8-6-4-2/h19-24H,3-18H2,1-2H3. The van der Waals surface area contributed by atoms with Crippen molar-refractivity contribution < 1.29 is 9.53 Å². The highest BCUT2D eigenvalue weighted by Crippen LogP contribution is 2.21. The minimum absolute atomic E-state index is 0.150. The Kier molecular flexibility index (Phi) is 14.1. The molecule has 0 saturated carbocycles. The predicted octanol–water partition coefficient (Wildman–Crippen LogP) is 8.48. The maximum atomic E-state index is 12.0. The summed E-state index contributed by atoms with van der Waals surface area (Å²) in [5.41, 5.74) is 2.89. The molecule has 4 heteroatoms. The number of rotatable bonds is 18. The van der Waals surface area contributed by atoms with Gasteiger partial charge in [-0.15, -0.1) is 0 Å². The number of aryl methyl sites for hydroxylation is 1. The Morgan fingerprint density at radius 3 is 1.85 bits per heavy atom. The first-order chi connectivity index (χ1) is 16.2. The van der Waals surface area contributed by atoms with E-state index in [-0.39, 0.29) is 5.97 Å². The Balaban J connectivity index is 1.66. The lowest BCUT2D eigenvalue weighted by Crippen LogP contribution is -2.07. The molecule has 4 nitrogen and oxygen atoms in total. The molecule has 0 unspecified atom stereocenters. The third-order valence-corrected chi connectivity index (χ3v) is 6.11. The first kappa shape index (κ1) is 27.0. The number of aromatic nitrogens is 2. The van der Waals surface area contributed by atoms with Gasteiger partial charge in [-0.1, -0.05) is 90.9 Å². The van der Waals surface area contributed by atoms with Gasteiger partial charge in [0.25, 0.3) is 0 Å². The van der Waals surface area contributed by atoms with Gasteiger partial charge in [0.1, 0.15) is 5.75 Å². The van der Waals surface area contributed by atoms with Gasteiger partial charge in [0.05, 0.1) is 17.6 Å². The van der Waals surface area contributed by atoms with E-state index in [1.165, 1.54) is 77.0 Å². The third-order valence-electron chi connectivity index (χ3n) is 6.11. The van der Waals surface area contributed by atoms with Crippen molar-refractivity contribution in [2.75, 3.05) is 0 Å². The van der Waals surface area contributed by atoms with Crippen LogP contribution in [0.5, 0.6) is 5.75 Å². The molecule has 0 aliphatic carbocycles. The maximum absolute atomic E-state index is 12.0. The van der Waals surface area contributed by atoms with E-state index in [2.05, 4.69) is 23.8 Å². The van der Waals surface area contributed by atoms with Gasteiger partial charge in [0.15, 0.2) is 0 Å². The molecule has 0 atom stereocenters. The average Bonchev–Trinajstić information content (AvgIpc) is 2.84. The highest BCUT2D eigenvalue weighted by Gasteiger charge is 2.06. The number of hydrogen-bond acceptors (Lipinski definition) is 4. The van der Waals surface area contributed by atoms with Crippen LogP contribution in [-0.4, -0.2) is 15.9 Å². The van der Waals surface area contributed by atoms with Crippen LogP contribution in [0.1, 0.15) is 116 Å². The molecule has 1 aromatic heterocycles. The van der Waals surface area contributed by atoms with Gasteiger partial charge in [0.2, 0.25) is 0 Å². The van der Waals surface area contributed by atoms with Crippen molar-refractivity contribution in [3.05, 3.63) is 42.4 Å². The van der Waals surface area contributed by atoms with Gasteiger partial charge in [-0.25, -0.2) is 0 Å². The predicted molar refractivity (Wildman–Crippen MR) is 137 cm³/mol. The largest absolute Gasteiger partial charge is 0.427 e. The molecule has 0 saturated heterocycles. The van der Waals surface area contributed by atoms with Crippen LogP contribution in [0.15, 0.2) is 36.7 Å². The molecule has 0 aliphatic rings. The number of ether oxygens (including phenoxy) is 1. The van der Waals surface area contributed by atoms with Crippen LogP contribution in [0.25, 0.3) is 11.3 Å². The summed E-state index contributed by atoms with van der Waals surface area (Å²) in [6.07, 6.45) is 22.8. The van der Waals surface area contributed by atoms with Gasteiger partial charge in [0, 0.05) is 18.2 Å². The van der Waals surface area contributed by atoms with Gasteiger partial charge in [-0.2, -0.15) is 0 Å². The van der Waals surface area contributed by atoms with E-state index in [1.807, 2.05) is 36.7 Å². The van der Waals surface area contributed by atoms with Crippen molar-refractivity contribution in [2.45, 2.75) is 117 Å². The summed E-state index contributed by atoms with van der Waals surface area (Å²) in [4.78, 5) is 21.2. The summed E-state index contributed by atoms with van der Waals surface area (Å²) in [5, 5.41) is 0. The van der Waals surface area contributed by atoms with E-state index < -0.39 is 0 Å². The lowest BCUT2D eigenvalue weighted by Gasteiger charge is -2.07. The van der Waals surface area contributed by atoms with Crippen LogP contribution < -0.4 is 4.74 Å². The van der Waals surface area contributed by atoms with E-state index in [0.29, 0.717) is 12.2 Å². The zero-order valence-electron chi connectivity index (χ0n) is 21.0. The molecule has 182 valence electrons. The van der Waals surface area contributed by atoms with Crippen molar-refractivity contribution in [2.24, 2.45) is 0 Å². The Labute approximate surface area is 201 Å². The Hall–Kier alpha value is -2.23. The highest BCUT2D eigenvalue weighted by atomic mass is 16.5. The van der Waals surface area contributed by atoms with Crippen LogP contribution in [0, 0.1) is 0 Å². The van der Waals surface area contributed by atoms with Crippen LogP contribution in [0.2, 0.25) is 0 Å². The zero-order valence-corrected chi connectivity index (χ0v) is 21.0. The first-order valence-electron chi connectivity index (χ1n) is 13.3. The van der Waals surface area contributed by atoms with E-state index in [0.717, 1.165) is 36.2 Å². The number of benzene rings is 1. The van der Waals surface area contributed by atoms with Crippen LogP contribution in [0.4, 0.5) is 0 Å². The number of esters is 1. The SMILES string of the molecule is CCCCCCCCCCc1cnc(-c2ccc(OC(=O)CCCCCCCC)cc2)cn1. The number of nitrogens with zero attached hydrogens (tertiary/aromatic N) is 2.